The second-order valence-electron chi connectivity index (χ2n) is 3.98. The molecule has 0 aliphatic carbocycles. The van der Waals surface area contributed by atoms with E-state index in [0.29, 0.717) is 11.0 Å². The fraction of sp³-hybridized carbons (Fsp3) is 0.364. The van der Waals surface area contributed by atoms with E-state index >= 15 is 0 Å². The molecule has 1 aromatic carbocycles. The van der Waals surface area contributed by atoms with Crippen molar-refractivity contribution in [2.45, 2.75) is 12.6 Å². The summed E-state index contributed by atoms with van der Waals surface area (Å²) >= 11 is 0. The lowest BCUT2D eigenvalue weighted by Gasteiger charge is -2.18. The Balaban J connectivity index is 3.12. The molecule has 0 saturated carbocycles. The van der Waals surface area contributed by atoms with Crippen molar-refractivity contribution in [1.29, 1.82) is 0 Å². The van der Waals surface area contributed by atoms with Gasteiger partial charge in [0, 0.05) is 12.6 Å². The van der Waals surface area contributed by atoms with Crippen molar-refractivity contribution in [1.82, 2.24) is 4.90 Å². The van der Waals surface area contributed by atoms with Gasteiger partial charge in [0.05, 0.1) is 17.8 Å². The molecular formula is C11H12F5N3O. The van der Waals surface area contributed by atoms with Crippen LogP contribution in [0.25, 0.3) is 0 Å². The largest absolute Gasteiger partial charge is 0.418 e. The van der Waals surface area contributed by atoms with Gasteiger partial charge in [-0.25, -0.2) is 8.78 Å². The molecule has 0 aromatic heterocycles. The number of carbonyl (C=O) groups is 1. The highest BCUT2D eigenvalue weighted by atomic mass is 19.4. The van der Waals surface area contributed by atoms with Crippen molar-refractivity contribution < 1.29 is 26.7 Å². The van der Waals surface area contributed by atoms with E-state index in [1.165, 1.54) is 0 Å². The minimum absolute atomic E-state index is 0.348. The maximum Gasteiger partial charge on any atom is 0.418 e. The van der Waals surface area contributed by atoms with Gasteiger partial charge in [-0.05, 0) is 18.2 Å². The summed E-state index contributed by atoms with van der Waals surface area (Å²) in [6, 6.07) is 2.61. The van der Waals surface area contributed by atoms with Crippen molar-refractivity contribution in [2.24, 2.45) is 5.84 Å². The lowest BCUT2D eigenvalue weighted by atomic mass is 10.1. The first-order valence-corrected chi connectivity index (χ1v) is 5.38. The molecule has 0 atom stereocenters. The topological polar surface area (TPSA) is 58.4 Å². The zero-order chi connectivity index (χ0) is 15.5. The molecule has 3 N–H and O–H groups in total. The molecule has 1 rings (SSSR count). The van der Waals surface area contributed by atoms with Crippen LogP contribution in [0.2, 0.25) is 0 Å². The van der Waals surface area contributed by atoms with Crippen molar-refractivity contribution in [2.75, 3.05) is 19.0 Å². The number of anilines is 1. The number of nitrogens with one attached hydrogen (secondary N) is 1. The van der Waals surface area contributed by atoms with Gasteiger partial charge in [-0.2, -0.15) is 13.2 Å². The van der Waals surface area contributed by atoms with Gasteiger partial charge in [-0.15, -0.1) is 0 Å². The summed E-state index contributed by atoms with van der Waals surface area (Å²) in [7, 11) is 1.08. The average molecular weight is 297 g/mol. The second-order valence-corrected chi connectivity index (χ2v) is 3.98. The average Bonchev–Trinajstić information content (AvgIpc) is 2.35. The van der Waals surface area contributed by atoms with Gasteiger partial charge >= 0.3 is 6.18 Å². The summed E-state index contributed by atoms with van der Waals surface area (Å²) in [5.41, 5.74) is -0.0367. The number of rotatable bonds is 4. The van der Waals surface area contributed by atoms with Crippen molar-refractivity contribution >= 4 is 11.6 Å². The molecule has 0 aliphatic heterocycles. The van der Waals surface area contributed by atoms with E-state index in [1.54, 1.807) is 0 Å². The Labute approximate surface area is 111 Å². The molecule has 0 saturated heterocycles. The Morgan fingerprint density at radius 3 is 2.45 bits per heavy atom. The van der Waals surface area contributed by atoms with Gasteiger partial charge in [-0.1, -0.05) is 0 Å². The molecule has 20 heavy (non-hydrogen) atoms. The summed E-state index contributed by atoms with van der Waals surface area (Å²) in [6.07, 6.45) is -7.49. The predicted octanol–water partition coefficient (Wildman–Crippen LogP) is 2.33. The quantitative estimate of drug-likeness (QED) is 0.509. The fourth-order valence-electron chi connectivity index (χ4n) is 1.55. The third kappa shape index (κ3) is 3.80. The SMILES string of the molecule is CN(CC(F)F)C(=O)c1ccc(NN)c(C(F)(F)F)c1. The number of amides is 1. The van der Waals surface area contributed by atoms with E-state index in [1.807, 2.05) is 5.43 Å². The molecule has 112 valence electrons. The van der Waals surface area contributed by atoms with Crippen molar-refractivity contribution in [3.63, 3.8) is 0 Å². The Bertz CT molecular complexity index is 489. The van der Waals surface area contributed by atoms with Crippen molar-refractivity contribution in [3.8, 4) is 0 Å². The second kappa shape index (κ2) is 6.04. The molecule has 0 aliphatic rings. The lowest BCUT2D eigenvalue weighted by Crippen LogP contribution is -2.31. The van der Waals surface area contributed by atoms with E-state index in [9.17, 15) is 26.7 Å². The minimum atomic E-state index is -4.72. The van der Waals surface area contributed by atoms with E-state index < -0.39 is 36.3 Å². The lowest BCUT2D eigenvalue weighted by molar-refractivity contribution is -0.137. The molecule has 9 heteroatoms. The van der Waals surface area contributed by atoms with Crippen molar-refractivity contribution in [3.05, 3.63) is 29.3 Å². The van der Waals surface area contributed by atoms with E-state index in [0.717, 1.165) is 19.2 Å². The number of benzene rings is 1. The standard InChI is InChI=1S/C11H12F5N3O/c1-19(5-9(12)13)10(20)6-2-3-8(18-17)7(4-6)11(14,15)16/h2-4,9,18H,5,17H2,1H3. The van der Waals surface area contributed by atoms with Crippen LogP contribution in [-0.4, -0.2) is 30.8 Å². The van der Waals surface area contributed by atoms with Gasteiger partial charge in [0.1, 0.15) is 0 Å². The first-order valence-electron chi connectivity index (χ1n) is 5.38. The number of halogens is 5. The number of carbonyl (C=O) groups excluding carboxylic acids is 1. The van der Waals surface area contributed by atoms with Gasteiger partial charge in [-0.3, -0.25) is 10.6 Å². The number of nitrogens with zero attached hydrogens (tertiary/aromatic N) is 1. The Hall–Kier alpha value is -1.90. The normalized spacial score (nSPS) is 11.6. The monoisotopic (exact) mass is 297 g/mol. The highest BCUT2D eigenvalue weighted by Gasteiger charge is 2.34. The van der Waals surface area contributed by atoms with Crippen LogP contribution in [0, 0.1) is 0 Å². The van der Waals surface area contributed by atoms with Crippen LogP contribution >= 0.6 is 0 Å². The van der Waals surface area contributed by atoms with Crippen LogP contribution in [0.15, 0.2) is 18.2 Å². The van der Waals surface area contributed by atoms with Gasteiger partial charge in [0.15, 0.2) is 0 Å². The molecule has 0 bridgehead atoms. The molecule has 4 nitrogen and oxygen atoms in total. The zero-order valence-corrected chi connectivity index (χ0v) is 10.3. The van der Waals surface area contributed by atoms with Crippen LogP contribution in [0.1, 0.15) is 15.9 Å². The van der Waals surface area contributed by atoms with Crippen LogP contribution < -0.4 is 11.3 Å². The maximum absolute atomic E-state index is 12.7. The summed E-state index contributed by atoms with van der Waals surface area (Å²) in [5.74, 6) is 4.02. The van der Waals surface area contributed by atoms with Gasteiger partial charge in [0.25, 0.3) is 12.3 Å². The van der Waals surface area contributed by atoms with E-state index in [-0.39, 0.29) is 5.56 Å². The fourth-order valence-corrected chi connectivity index (χ4v) is 1.55. The first kappa shape index (κ1) is 16.2. The molecule has 1 aromatic rings. The molecule has 0 unspecified atom stereocenters. The minimum Gasteiger partial charge on any atom is -0.336 e. The molecular weight excluding hydrogens is 285 g/mol. The summed E-state index contributed by atoms with van der Waals surface area (Å²) in [5, 5.41) is 0. The summed E-state index contributed by atoms with van der Waals surface area (Å²) in [4.78, 5) is 12.4. The zero-order valence-electron chi connectivity index (χ0n) is 10.3. The summed E-state index contributed by atoms with van der Waals surface area (Å²) < 4.78 is 62.5. The Morgan fingerprint density at radius 1 is 1.40 bits per heavy atom. The highest BCUT2D eigenvalue weighted by molar-refractivity contribution is 5.94. The Kier molecular flexibility index (Phi) is 4.88. The number of hydrogen-bond donors (Lipinski definition) is 2. The summed E-state index contributed by atoms with van der Waals surface area (Å²) in [6.45, 7) is -0.864. The van der Waals surface area contributed by atoms with Crippen LogP contribution in [0.3, 0.4) is 0 Å². The molecule has 0 radical (unpaired) electrons. The third-order valence-corrected chi connectivity index (χ3v) is 2.49. The maximum atomic E-state index is 12.7. The number of nitrogen functional groups attached to an aromatic ring is 1. The molecule has 0 heterocycles. The highest BCUT2D eigenvalue weighted by Crippen LogP contribution is 2.35. The smallest absolute Gasteiger partial charge is 0.336 e. The molecule has 1 amide bonds. The number of alkyl halides is 5. The van der Waals surface area contributed by atoms with Gasteiger partial charge < -0.3 is 10.3 Å². The number of hydrazine groups is 1. The Morgan fingerprint density at radius 2 is 2.00 bits per heavy atom. The predicted molar refractivity (Wildman–Crippen MR) is 62.2 cm³/mol. The molecule has 0 spiro atoms. The third-order valence-electron chi connectivity index (χ3n) is 2.49. The van der Waals surface area contributed by atoms with E-state index in [2.05, 4.69) is 0 Å². The van der Waals surface area contributed by atoms with Gasteiger partial charge in [0.2, 0.25) is 0 Å². The van der Waals surface area contributed by atoms with Crippen LogP contribution in [-0.2, 0) is 6.18 Å². The molecule has 0 fully saturated rings. The van der Waals surface area contributed by atoms with Crippen LogP contribution in [0.4, 0.5) is 27.6 Å². The van der Waals surface area contributed by atoms with E-state index in [4.69, 9.17) is 5.84 Å². The van der Waals surface area contributed by atoms with Crippen LogP contribution in [0.5, 0.6) is 0 Å². The first-order chi connectivity index (χ1) is 9.16. The number of hydrogen-bond acceptors (Lipinski definition) is 3. The number of nitrogens with two attached hydrogens (primary N) is 1.